The molecule has 0 bridgehead atoms. The lowest BCUT2D eigenvalue weighted by atomic mass is 10.0. The number of nitrogens with one attached hydrogen (secondary N) is 2. The summed E-state index contributed by atoms with van der Waals surface area (Å²) in [5.74, 6) is 0.140. The molecule has 0 saturated carbocycles. The Morgan fingerprint density at radius 1 is 1.18 bits per heavy atom. The number of anilines is 2. The smallest absolute Gasteiger partial charge is 0.241 e. The van der Waals surface area contributed by atoms with E-state index in [4.69, 9.17) is 5.73 Å². The maximum atomic E-state index is 12.1. The van der Waals surface area contributed by atoms with Crippen LogP contribution in [0.4, 0.5) is 11.4 Å². The topological polar surface area (TPSA) is 84.2 Å². The number of carbonyl (C=O) groups excluding carboxylic acids is 2. The summed E-state index contributed by atoms with van der Waals surface area (Å²) in [6.07, 6.45) is 1.92. The van der Waals surface area contributed by atoms with E-state index in [1.807, 2.05) is 39.8 Å². The molecule has 0 saturated heterocycles. The van der Waals surface area contributed by atoms with Crippen molar-refractivity contribution < 1.29 is 9.59 Å². The van der Waals surface area contributed by atoms with Gasteiger partial charge in [-0.3, -0.25) is 9.59 Å². The largest absolute Gasteiger partial charge is 0.326 e. The Hall–Kier alpha value is -1.88. The third-order valence-electron chi connectivity index (χ3n) is 3.40. The molecular weight excluding hydrogens is 278 g/mol. The van der Waals surface area contributed by atoms with Crippen molar-refractivity contribution in [2.75, 3.05) is 10.6 Å². The van der Waals surface area contributed by atoms with Gasteiger partial charge in [-0.05, 0) is 43.4 Å². The number of amides is 2. The van der Waals surface area contributed by atoms with Crippen LogP contribution in [0.5, 0.6) is 0 Å². The first-order chi connectivity index (χ1) is 10.3. The second kappa shape index (κ2) is 8.54. The Bertz CT molecular complexity index is 527. The van der Waals surface area contributed by atoms with Crippen molar-refractivity contribution in [1.29, 1.82) is 0 Å². The molecule has 0 spiro atoms. The van der Waals surface area contributed by atoms with Gasteiger partial charge in [0.15, 0.2) is 0 Å². The summed E-state index contributed by atoms with van der Waals surface area (Å²) in [7, 11) is 0. The van der Waals surface area contributed by atoms with E-state index in [0.717, 1.165) is 12.0 Å². The second-order valence-corrected chi connectivity index (χ2v) is 6.00. The van der Waals surface area contributed by atoms with Gasteiger partial charge in [0.25, 0.3) is 0 Å². The summed E-state index contributed by atoms with van der Waals surface area (Å²) >= 11 is 0. The quantitative estimate of drug-likeness (QED) is 0.724. The van der Waals surface area contributed by atoms with Crippen molar-refractivity contribution in [3.05, 3.63) is 23.8 Å². The van der Waals surface area contributed by atoms with Gasteiger partial charge < -0.3 is 16.4 Å². The van der Waals surface area contributed by atoms with Crippen molar-refractivity contribution >= 4 is 23.2 Å². The molecule has 4 N–H and O–H groups in total. The van der Waals surface area contributed by atoms with E-state index < -0.39 is 6.04 Å². The Morgan fingerprint density at radius 2 is 1.77 bits per heavy atom. The number of benzene rings is 1. The van der Waals surface area contributed by atoms with E-state index in [-0.39, 0.29) is 11.8 Å². The Morgan fingerprint density at radius 3 is 2.32 bits per heavy atom. The van der Waals surface area contributed by atoms with Crippen LogP contribution in [0.3, 0.4) is 0 Å². The van der Waals surface area contributed by atoms with Gasteiger partial charge in [-0.1, -0.05) is 26.8 Å². The molecule has 0 heterocycles. The fraction of sp³-hybridized carbons (Fsp3) is 0.529. The number of nitrogens with two attached hydrogens (primary N) is 1. The summed E-state index contributed by atoms with van der Waals surface area (Å²) in [6, 6.07) is 4.91. The molecule has 1 aromatic carbocycles. The summed E-state index contributed by atoms with van der Waals surface area (Å²) in [4.78, 5) is 23.8. The minimum atomic E-state index is -0.530. The highest BCUT2D eigenvalue weighted by molar-refractivity contribution is 5.97. The fourth-order valence-electron chi connectivity index (χ4n) is 2.19. The van der Waals surface area contributed by atoms with Gasteiger partial charge in [0.1, 0.15) is 0 Å². The van der Waals surface area contributed by atoms with Crippen molar-refractivity contribution in [2.24, 2.45) is 11.7 Å². The number of hydrogen-bond donors (Lipinski definition) is 3. The predicted octanol–water partition coefficient (Wildman–Crippen LogP) is 3.05. The molecule has 0 aliphatic heterocycles. The van der Waals surface area contributed by atoms with Crippen LogP contribution in [0.1, 0.15) is 45.6 Å². The molecule has 1 atom stereocenters. The zero-order valence-electron chi connectivity index (χ0n) is 13.9. The van der Waals surface area contributed by atoms with Crippen LogP contribution in [-0.2, 0) is 9.59 Å². The van der Waals surface area contributed by atoms with Crippen LogP contribution in [0.2, 0.25) is 0 Å². The van der Waals surface area contributed by atoms with Crippen LogP contribution >= 0.6 is 0 Å². The van der Waals surface area contributed by atoms with Gasteiger partial charge in [-0.25, -0.2) is 0 Å². The van der Waals surface area contributed by atoms with Gasteiger partial charge in [-0.2, -0.15) is 0 Å². The van der Waals surface area contributed by atoms with Crippen LogP contribution in [-0.4, -0.2) is 17.9 Å². The van der Waals surface area contributed by atoms with Gasteiger partial charge >= 0.3 is 0 Å². The third-order valence-corrected chi connectivity index (χ3v) is 3.40. The molecule has 2 amide bonds. The first kappa shape index (κ1) is 18.2. The van der Waals surface area contributed by atoms with Gasteiger partial charge in [0.2, 0.25) is 11.8 Å². The van der Waals surface area contributed by atoms with Crippen molar-refractivity contribution in [2.45, 2.75) is 53.0 Å². The second-order valence-electron chi connectivity index (χ2n) is 6.00. The van der Waals surface area contributed by atoms with Gasteiger partial charge in [0.05, 0.1) is 6.04 Å². The Kier molecular flexibility index (Phi) is 7.05. The fourth-order valence-corrected chi connectivity index (χ4v) is 2.19. The highest BCUT2D eigenvalue weighted by Crippen LogP contribution is 2.24. The molecule has 0 aliphatic carbocycles. The van der Waals surface area contributed by atoms with Gasteiger partial charge in [0, 0.05) is 17.8 Å². The standard InChI is InChI=1S/C17H27N3O2/c1-5-7-16(21)19-14-8-6-9-15(12(14)4)20-17(22)13(18)10-11(2)3/h6,8-9,11,13H,5,7,10,18H2,1-4H3,(H,19,21)(H,20,22)/t13-/m0/s1. The number of hydrogen-bond acceptors (Lipinski definition) is 3. The molecular formula is C17H27N3O2. The van der Waals surface area contributed by atoms with E-state index in [9.17, 15) is 9.59 Å². The maximum absolute atomic E-state index is 12.1. The van der Waals surface area contributed by atoms with E-state index in [1.165, 1.54) is 0 Å². The molecule has 22 heavy (non-hydrogen) atoms. The molecule has 1 aromatic rings. The summed E-state index contributed by atoms with van der Waals surface area (Å²) in [5, 5.41) is 5.71. The van der Waals surface area contributed by atoms with Gasteiger partial charge in [-0.15, -0.1) is 0 Å². The van der Waals surface area contributed by atoms with E-state index in [2.05, 4.69) is 10.6 Å². The summed E-state index contributed by atoms with van der Waals surface area (Å²) < 4.78 is 0. The average molecular weight is 305 g/mol. The maximum Gasteiger partial charge on any atom is 0.241 e. The third kappa shape index (κ3) is 5.48. The average Bonchev–Trinajstić information content (AvgIpc) is 2.42. The molecule has 0 radical (unpaired) electrons. The van der Waals surface area contributed by atoms with E-state index in [1.54, 1.807) is 6.07 Å². The zero-order chi connectivity index (χ0) is 16.7. The highest BCUT2D eigenvalue weighted by Gasteiger charge is 2.16. The summed E-state index contributed by atoms with van der Waals surface area (Å²) in [5.41, 5.74) is 8.12. The first-order valence-corrected chi connectivity index (χ1v) is 7.81. The number of rotatable bonds is 7. The zero-order valence-corrected chi connectivity index (χ0v) is 13.9. The molecule has 1 rings (SSSR count). The molecule has 122 valence electrons. The Balaban J connectivity index is 2.80. The van der Waals surface area contributed by atoms with Crippen LogP contribution in [0.25, 0.3) is 0 Å². The molecule has 0 aliphatic rings. The van der Waals surface area contributed by atoms with E-state index in [0.29, 0.717) is 30.1 Å². The molecule has 5 nitrogen and oxygen atoms in total. The van der Waals surface area contributed by atoms with Crippen molar-refractivity contribution in [3.63, 3.8) is 0 Å². The molecule has 0 fully saturated rings. The lowest BCUT2D eigenvalue weighted by Crippen LogP contribution is -2.36. The lowest BCUT2D eigenvalue weighted by Gasteiger charge is -2.17. The van der Waals surface area contributed by atoms with Crippen molar-refractivity contribution in [1.82, 2.24) is 0 Å². The van der Waals surface area contributed by atoms with Crippen LogP contribution in [0, 0.1) is 12.8 Å². The Labute approximate surface area is 132 Å². The highest BCUT2D eigenvalue weighted by atomic mass is 16.2. The summed E-state index contributed by atoms with van der Waals surface area (Å²) in [6.45, 7) is 7.88. The minimum absolute atomic E-state index is 0.0226. The lowest BCUT2D eigenvalue weighted by molar-refractivity contribution is -0.118. The van der Waals surface area contributed by atoms with Crippen LogP contribution in [0.15, 0.2) is 18.2 Å². The monoisotopic (exact) mass is 305 g/mol. The SMILES string of the molecule is CCCC(=O)Nc1cccc(NC(=O)[C@@H](N)CC(C)C)c1C. The minimum Gasteiger partial charge on any atom is -0.326 e. The van der Waals surface area contributed by atoms with Crippen molar-refractivity contribution in [3.8, 4) is 0 Å². The first-order valence-electron chi connectivity index (χ1n) is 7.81. The van der Waals surface area contributed by atoms with E-state index >= 15 is 0 Å². The van der Waals surface area contributed by atoms with Crippen LogP contribution < -0.4 is 16.4 Å². The predicted molar refractivity (Wildman–Crippen MR) is 90.8 cm³/mol. The molecule has 0 unspecified atom stereocenters. The normalized spacial score (nSPS) is 12.1. The molecule has 5 heteroatoms. The number of carbonyl (C=O) groups is 2. The molecule has 0 aromatic heterocycles.